The molecule has 0 radical (unpaired) electrons. The van der Waals surface area contributed by atoms with Crippen LogP contribution in [0.1, 0.15) is 49.9 Å². The molecule has 1 aliphatic heterocycles. The summed E-state index contributed by atoms with van der Waals surface area (Å²) in [7, 11) is 1.76. The molecule has 0 amide bonds. The zero-order chi connectivity index (χ0) is 18.4. The second kappa shape index (κ2) is 6.40. The maximum atomic E-state index is 5.63. The summed E-state index contributed by atoms with van der Waals surface area (Å²) < 4.78 is 5.63. The van der Waals surface area contributed by atoms with Crippen LogP contribution in [0.4, 0.5) is 0 Å². The van der Waals surface area contributed by atoms with Crippen LogP contribution < -0.4 is 15.4 Å². The minimum Gasteiger partial charge on any atom is -0.496 e. The van der Waals surface area contributed by atoms with Crippen LogP contribution in [0.2, 0.25) is 0 Å². The summed E-state index contributed by atoms with van der Waals surface area (Å²) in [6.45, 7) is 8.72. The van der Waals surface area contributed by atoms with E-state index < -0.39 is 0 Å². The lowest BCUT2D eigenvalue weighted by molar-refractivity contribution is 0.385. The molecule has 3 nitrogen and oxygen atoms in total. The summed E-state index contributed by atoms with van der Waals surface area (Å²) in [5, 5.41) is 7.63. The fourth-order valence-corrected chi connectivity index (χ4v) is 4.42. The Bertz CT molecular complexity index is 781. The number of hydrogen-bond acceptors (Lipinski definition) is 3. The van der Waals surface area contributed by atoms with Gasteiger partial charge in [-0.25, -0.2) is 0 Å². The SMILES string of the molecule is COc1ccc(C(C)(C)C)cc1CN[C@]12C[C@H]1CN[C@H]2c1ccccc1. The van der Waals surface area contributed by atoms with Crippen LogP contribution >= 0.6 is 0 Å². The average Bonchev–Trinajstić information content (AvgIpc) is 3.23. The maximum Gasteiger partial charge on any atom is 0.123 e. The van der Waals surface area contributed by atoms with E-state index in [-0.39, 0.29) is 11.0 Å². The van der Waals surface area contributed by atoms with Crippen molar-refractivity contribution in [3.05, 3.63) is 65.2 Å². The van der Waals surface area contributed by atoms with Gasteiger partial charge in [-0.2, -0.15) is 0 Å². The lowest BCUT2D eigenvalue weighted by Crippen LogP contribution is -2.39. The standard InChI is InChI=1S/C23H30N2O/c1-22(2,3)18-10-11-20(26-4)17(12-18)14-25-23-13-19(23)15-24-21(23)16-8-6-5-7-9-16/h5-12,19,21,24-25H,13-15H2,1-4H3/t19-,21-,23+/m0/s1. The van der Waals surface area contributed by atoms with Gasteiger partial charge in [-0.05, 0) is 34.9 Å². The van der Waals surface area contributed by atoms with Crippen LogP contribution in [-0.4, -0.2) is 19.2 Å². The summed E-state index contributed by atoms with van der Waals surface area (Å²) in [6.07, 6.45) is 1.25. The molecule has 0 bridgehead atoms. The zero-order valence-electron chi connectivity index (χ0n) is 16.3. The second-order valence-corrected chi connectivity index (χ2v) is 8.82. The fourth-order valence-electron chi connectivity index (χ4n) is 4.42. The van der Waals surface area contributed by atoms with Crippen molar-refractivity contribution >= 4 is 0 Å². The molecule has 2 N–H and O–H groups in total. The highest BCUT2D eigenvalue weighted by atomic mass is 16.5. The quantitative estimate of drug-likeness (QED) is 0.848. The van der Waals surface area contributed by atoms with Crippen LogP contribution in [0, 0.1) is 5.92 Å². The van der Waals surface area contributed by atoms with Gasteiger partial charge in [-0.3, -0.25) is 0 Å². The van der Waals surface area contributed by atoms with Gasteiger partial charge in [0, 0.05) is 24.2 Å². The third-order valence-corrected chi connectivity index (χ3v) is 6.12. The molecule has 3 atom stereocenters. The molecular weight excluding hydrogens is 320 g/mol. The van der Waals surface area contributed by atoms with E-state index in [0.717, 1.165) is 24.8 Å². The third-order valence-electron chi connectivity index (χ3n) is 6.12. The molecule has 0 unspecified atom stereocenters. The van der Waals surface area contributed by atoms with Crippen molar-refractivity contribution in [3.8, 4) is 5.75 Å². The Morgan fingerprint density at radius 3 is 2.58 bits per heavy atom. The van der Waals surface area contributed by atoms with Crippen molar-refractivity contribution in [2.75, 3.05) is 13.7 Å². The maximum absolute atomic E-state index is 5.63. The fraction of sp³-hybridized carbons (Fsp3) is 0.478. The minimum absolute atomic E-state index is 0.142. The molecular formula is C23H30N2O. The van der Waals surface area contributed by atoms with Gasteiger partial charge in [0.2, 0.25) is 0 Å². The van der Waals surface area contributed by atoms with Crippen molar-refractivity contribution < 1.29 is 4.74 Å². The van der Waals surface area contributed by atoms with E-state index in [2.05, 4.69) is 79.9 Å². The minimum atomic E-state index is 0.142. The van der Waals surface area contributed by atoms with Gasteiger partial charge in [-0.15, -0.1) is 0 Å². The van der Waals surface area contributed by atoms with Gasteiger partial charge < -0.3 is 15.4 Å². The van der Waals surface area contributed by atoms with Crippen molar-refractivity contribution in [2.24, 2.45) is 5.92 Å². The number of fused-ring (bicyclic) bond motifs is 1. The van der Waals surface area contributed by atoms with Gasteiger partial charge in [0.1, 0.15) is 5.75 Å². The van der Waals surface area contributed by atoms with Gasteiger partial charge in [-0.1, -0.05) is 63.2 Å². The predicted molar refractivity (Wildman–Crippen MR) is 107 cm³/mol. The van der Waals surface area contributed by atoms with Crippen LogP contribution in [-0.2, 0) is 12.0 Å². The van der Waals surface area contributed by atoms with Crippen LogP contribution in [0.3, 0.4) is 0 Å². The summed E-state index contributed by atoms with van der Waals surface area (Å²) in [5.74, 6) is 1.70. The lowest BCUT2D eigenvalue weighted by atomic mass is 9.86. The first-order valence-corrected chi connectivity index (χ1v) is 9.65. The molecule has 1 aliphatic carbocycles. The van der Waals surface area contributed by atoms with E-state index in [9.17, 15) is 0 Å². The van der Waals surface area contributed by atoms with E-state index in [0.29, 0.717) is 6.04 Å². The highest BCUT2D eigenvalue weighted by Gasteiger charge is 2.62. The van der Waals surface area contributed by atoms with Gasteiger partial charge in [0.15, 0.2) is 0 Å². The highest BCUT2D eigenvalue weighted by Crippen LogP contribution is 2.56. The molecule has 2 fully saturated rings. The first-order chi connectivity index (χ1) is 12.4. The topological polar surface area (TPSA) is 33.3 Å². The first-order valence-electron chi connectivity index (χ1n) is 9.65. The smallest absolute Gasteiger partial charge is 0.123 e. The van der Waals surface area contributed by atoms with E-state index in [1.165, 1.54) is 23.1 Å². The van der Waals surface area contributed by atoms with E-state index in [1.54, 1.807) is 7.11 Å². The molecule has 4 rings (SSSR count). The third kappa shape index (κ3) is 3.04. The van der Waals surface area contributed by atoms with E-state index in [1.807, 2.05) is 0 Å². The molecule has 2 aromatic rings. The van der Waals surface area contributed by atoms with E-state index in [4.69, 9.17) is 4.74 Å². The Morgan fingerprint density at radius 2 is 1.92 bits per heavy atom. The summed E-state index contributed by atoms with van der Waals surface area (Å²) in [6, 6.07) is 17.8. The first kappa shape index (κ1) is 17.6. The Hall–Kier alpha value is -1.84. The number of piperidine rings is 1. The van der Waals surface area contributed by atoms with Gasteiger partial charge >= 0.3 is 0 Å². The predicted octanol–water partition coefficient (Wildman–Crippen LogP) is 4.19. The highest BCUT2D eigenvalue weighted by molar-refractivity contribution is 5.40. The molecule has 0 spiro atoms. The molecule has 2 aliphatic rings. The van der Waals surface area contributed by atoms with Crippen molar-refractivity contribution in [2.45, 2.75) is 50.7 Å². The Balaban J connectivity index is 1.56. The number of hydrogen-bond donors (Lipinski definition) is 2. The summed E-state index contributed by atoms with van der Waals surface area (Å²) in [4.78, 5) is 0. The summed E-state index contributed by atoms with van der Waals surface area (Å²) in [5.41, 5.74) is 4.31. The number of nitrogens with one attached hydrogen (secondary N) is 2. The van der Waals surface area contributed by atoms with Gasteiger partial charge in [0.25, 0.3) is 0 Å². The van der Waals surface area contributed by atoms with Gasteiger partial charge in [0.05, 0.1) is 13.2 Å². The molecule has 0 aromatic heterocycles. The van der Waals surface area contributed by atoms with Crippen molar-refractivity contribution in [3.63, 3.8) is 0 Å². The van der Waals surface area contributed by atoms with Crippen LogP contribution in [0.15, 0.2) is 48.5 Å². The Labute approximate surface area is 157 Å². The molecule has 1 heterocycles. The molecule has 26 heavy (non-hydrogen) atoms. The molecule has 3 heteroatoms. The zero-order valence-corrected chi connectivity index (χ0v) is 16.3. The molecule has 2 aromatic carbocycles. The lowest BCUT2D eigenvalue weighted by Gasteiger charge is -2.27. The van der Waals surface area contributed by atoms with E-state index >= 15 is 0 Å². The van der Waals surface area contributed by atoms with Crippen LogP contribution in [0.25, 0.3) is 0 Å². The largest absolute Gasteiger partial charge is 0.496 e. The summed E-state index contributed by atoms with van der Waals surface area (Å²) >= 11 is 0. The number of benzene rings is 2. The number of ether oxygens (including phenoxy) is 1. The average molecular weight is 351 g/mol. The Kier molecular flexibility index (Phi) is 4.32. The normalized spacial score (nSPS) is 27.2. The Morgan fingerprint density at radius 1 is 1.15 bits per heavy atom. The number of rotatable bonds is 5. The van der Waals surface area contributed by atoms with Crippen molar-refractivity contribution in [1.29, 1.82) is 0 Å². The monoisotopic (exact) mass is 350 g/mol. The van der Waals surface area contributed by atoms with Crippen molar-refractivity contribution in [1.82, 2.24) is 10.6 Å². The van der Waals surface area contributed by atoms with Crippen LogP contribution in [0.5, 0.6) is 5.75 Å². The molecule has 1 saturated heterocycles. The molecule has 1 saturated carbocycles. The molecule has 138 valence electrons. The number of methoxy groups -OCH3 is 1. The second-order valence-electron chi connectivity index (χ2n) is 8.82.